The van der Waals surface area contributed by atoms with Crippen molar-refractivity contribution in [3.05, 3.63) is 67.6 Å². The summed E-state index contributed by atoms with van der Waals surface area (Å²) in [4.78, 5) is 29.1. The average molecular weight is 644 g/mol. The number of carbonyl (C=O) groups is 2. The topological polar surface area (TPSA) is 81.1 Å². The summed E-state index contributed by atoms with van der Waals surface area (Å²) in [5.41, 5.74) is -0.517. The molecule has 6 nitrogen and oxygen atoms in total. The molecule has 4 rings (SSSR count). The van der Waals surface area contributed by atoms with Crippen molar-refractivity contribution in [2.45, 2.75) is 81.8 Å². The fraction of sp³-hybridized carbons (Fsp3) is 0.548. The number of unbranched alkanes of at least 4 members (excludes halogenated alkanes) is 4. The first-order valence-electron chi connectivity index (χ1n) is 14.4. The van der Waals surface area contributed by atoms with Gasteiger partial charge < -0.3 is 20.0 Å². The number of carbonyl (C=O) groups excluding carboxylic acids is 2. The summed E-state index contributed by atoms with van der Waals surface area (Å²) >= 11 is 24.2. The monoisotopic (exact) mass is 642 g/mol. The van der Waals surface area contributed by atoms with Crippen LogP contribution in [0.2, 0.25) is 20.1 Å². The van der Waals surface area contributed by atoms with Crippen LogP contribution in [0.4, 0.5) is 0 Å². The molecule has 2 N–H and O–H groups in total. The van der Waals surface area contributed by atoms with Crippen molar-refractivity contribution >= 4 is 58.2 Å². The lowest BCUT2D eigenvalue weighted by atomic mass is 9.84. The van der Waals surface area contributed by atoms with Crippen LogP contribution in [-0.2, 0) is 20.8 Å². The van der Waals surface area contributed by atoms with Crippen LogP contribution in [0.25, 0.3) is 0 Å². The highest BCUT2D eigenvalue weighted by atomic mass is 35.5. The molecule has 0 aliphatic carbocycles. The lowest BCUT2D eigenvalue weighted by Crippen LogP contribution is -2.45. The molecule has 2 aliphatic heterocycles. The highest BCUT2D eigenvalue weighted by Gasteiger charge is 2.36. The van der Waals surface area contributed by atoms with Crippen molar-refractivity contribution in [2.24, 2.45) is 0 Å². The van der Waals surface area contributed by atoms with Gasteiger partial charge in [-0.25, -0.2) is 0 Å². The van der Waals surface area contributed by atoms with Gasteiger partial charge >= 0.3 is 0 Å². The minimum Gasteiger partial charge on any atom is -0.385 e. The van der Waals surface area contributed by atoms with Crippen LogP contribution in [0, 0.1) is 0 Å². The molecule has 10 heteroatoms. The Hall–Kier alpha value is -1.54. The zero-order chi connectivity index (χ0) is 29.6. The first-order chi connectivity index (χ1) is 19.5. The molecule has 2 fully saturated rings. The van der Waals surface area contributed by atoms with Crippen molar-refractivity contribution < 1.29 is 19.8 Å². The number of aliphatic hydroxyl groups is 2. The van der Waals surface area contributed by atoms with Gasteiger partial charge in [-0.1, -0.05) is 77.8 Å². The molecule has 0 saturated carbocycles. The van der Waals surface area contributed by atoms with E-state index in [1.165, 1.54) is 0 Å². The molecule has 2 aromatic rings. The summed E-state index contributed by atoms with van der Waals surface area (Å²) in [5, 5.41) is 23.9. The zero-order valence-corrected chi connectivity index (χ0v) is 26.2. The summed E-state index contributed by atoms with van der Waals surface area (Å²) in [5.74, 6) is 0.254. The van der Waals surface area contributed by atoms with E-state index in [9.17, 15) is 19.8 Å². The van der Waals surface area contributed by atoms with Gasteiger partial charge in [0, 0.05) is 39.0 Å². The number of hydrogen-bond acceptors (Lipinski definition) is 4. The molecular weight excluding hydrogens is 606 g/mol. The number of amides is 2. The van der Waals surface area contributed by atoms with Crippen molar-refractivity contribution in [1.82, 2.24) is 9.80 Å². The second kappa shape index (κ2) is 14.3. The molecule has 2 aromatic carbocycles. The SMILES string of the molecule is O=C(CCCCCCCC(=O)N1CCC(O)(c2ccc(Cl)c(Cl)c2)CC1)N1CCC(O)(c2ccc(Cl)c(Cl)c2)CC1. The smallest absolute Gasteiger partial charge is 0.222 e. The third kappa shape index (κ3) is 8.31. The van der Waals surface area contributed by atoms with Gasteiger partial charge in [0.25, 0.3) is 0 Å². The number of halogens is 4. The second-order valence-electron chi connectivity index (χ2n) is 11.4. The van der Waals surface area contributed by atoms with Crippen LogP contribution in [0.5, 0.6) is 0 Å². The van der Waals surface area contributed by atoms with E-state index in [2.05, 4.69) is 0 Å². The van der Waals surface area contributed by atoms with Gasteiger partial charge in [-0.15, -0.1) is 0 Å². The summed E-state index contributed by atoms with van der Waals surface area (Å²) in [7, 11) is 0. The molecule has 2 amide bonds. The highest BCUT2D eigenvalue weighted by Crippen LogP contribution is 2.37. The van der Waals surface area contributed by atoms with E-state index in [-0.39, 0.29) is 11.8 Å². The number of piperidine rings is 2. The average Bonchev–Trinajstić information content (AvgIpc) is 2.96. The van der Waals surface area contributed by atoms with E-state index in [0.29, 0.717) is 84.8 Å². The third-order valence-corrected chi connectivity index (χ3v) is 10.1. The number of rotatable bonds is 10. The third-order valence-electron chi connectivity index (χ3n) is 8.58. The fourth-order valence-corrected chi connectivity index (χ4v) is 6.40. The predicted octanol–water partition coefficient (Wildman–Crippen LogP) is 7.35. The molecule has 41 heavy (non-hydrogen) atoms. The van der Waals surface area contributed by atoms with Crippen LogP contribution >= 0.6 is 46.4 Å². The zero-order valence-electron chi connectivity index (χ0n) is 23.2. The Morgan fingerprint density at radius 1 is 0.585 bits per heavy atom. The minimum absolute atomic E-state index is 0.127. The lowest BCUT2D eigenvalue weighted by molar-refractivity contribution is -0.136. The van der Waals surface area contributed by atoms with Gasteiger partial charge in [-0.05, 0) is 73.9 Å². The predicted molar refractivity (Wildman–Crippen MR) is 165 cm³/mol. The Morgan fingerprint density at radius 3 is 1.27 bits per heavy atom. The van der Waals surface area contributed by atoms with Crippen LogP contribution in [0.1, 0.15) is 81.8 Å². The Kier molecular flexibility index (Phi) is 11.3. The molecule has 2 saturated heterocycles. The number of nitrogens with zero attached hydrogens (tertiary/aromatic N) is 2. The van der Waals surface area contributed by atoms with Gasteiger partial charge in [0.2, 0.25) is 11.8 Å². The maximum absolute atomic E-state index is 12.7. The molecule has 2 aliphatic rings. The number of hydrogen-bond donors (Lipinski definition) is 2. The van der Waals surface area contributed by atoms with E-state index in [4.69, 9.17) is 46.4 Å². The molecule has 0 spiro atoms. The summed E-state index contributed by atoms with van der Waals surface area (Å²) in [6.45, 7) is 2.05. The summed E-state index contributed by atoms with van der Waals surface area (Å²) in [6.07, 6.45) is 7.39. The Morgan fingerprint density at radius 2 is 0.927 bits per heavy atom. The van der Waals surface area contributed by atoms with E-state index in [0.717, 1.165) is 43.2 Å². The molecule has 0 unspecified atom stereocenters. The Balaban J connectivity index is 1.07. The first kappa shape index (κ1) is 32.4. The maximum Gasteiger partial charge on any atom is 0.222 e. The summed E-state index contributed by atoms with van der Waals surface area (Å²) < 4.78 is 0. The van der Waals surface area contributed by atoms with Gasteiger partial charge in [0.15, 0.2) is 0 Å². The van der Waals surface area contributed by atoms with Gasteiger partial charge in [-0.3, -0.25) is 9.59 Å². The number of likely N-dealkylation sites (tertiary alicyclic amines) is 2. The number of benzene rings is 2. The quantitative estimate of drug-likeness (QED) is 0.265. The molecule has 2 heterocycles. The van der Waals surface area contributed by atoms with Crippen molar-refractivity contribution in [3.8, 4) is 0 Å². The van der Waals surface area contributed by atoms with Crippen molar-refractivity contribution in [1.29, 1.82) is 0 Å². The normalized spacial score (nSPS) is 18.4. The van der Waals surface area contributed by atoms with Crippen LogP contribution < -0.4 is 0 Å². The molecule has 0 radical (unpaired) electrons. The maximum atomic E-state index is 12.7. The van der Waals surface area contributed by atoms with Crippen molar-refractivity contribution in [3.63, 3.8) is 0 Å². The standard InChI is InChI=1S/C31H38Cl4N2O4/c32-24-10-8-22(20-26(24)34)30(40)12-16-36(17-13-30)28(38)6-4-2-1-3-5-7-29(39)37-18-14-31(41,15-19-37)23-9-11-25(33)27(35)21-23/h8-11,20-21,40-41H,1-7,12-19H2. The Labute approximate surface area is 262 Å². The van der Waals surface area contributed by atoms with Crippen LogP contribution in [-0.4, -0.2) is 58.0 Å². The van der Waals surface area contributed by atoms with E-state index in [1.54, 1.807) is 36.4 Å². The van der Waals surface area contributed by atoms with Crippen molar-refractivity contribution in [2.75, 3.05) is 26.2 Å². The lowest BCUT2D eigenvalue weighted by Gasteiger charge is -2.38. The van der Waals surface area contributed by atoms with Gasteiger partial charge in [0.05, 0.1) is 31.3 Å². The first-order valence-corrected chi connectivity index (χ1v) is 15.9. The second-order valence-corrected chi connectivity index (χ2v) is 13.0. The molecular formula is C31H38Cl4N2O4. The van der Waals surface area contributed by atoms with E-state index >= 15 is 0 Å². The molecule has 0 aromatic heterocycles. The molecule has 0 bridgehead atoms. The van der Waals surface area contributed by atoms with Gasteiger partial charge in [-0.2, -0.15) is 0 Å². The van der Waals surface area contributed by atoms with Gasteiger partial charge in [0.1, 0.15) is 0 Å². The minimum atomic E-state index is -0.997. The largest absolute Gasteiger partial charge is 0.385 e. The van der Waals surface area contributed by atoms with Crippen LogP contribution in [0.15, 0.2) is 36.4 Å². The van der Waals surface area contributed by atoms with E-state index < -0.39 is 11.2 Å². The Bertz CT molecular complexity index is 1130. The molecule has 0 atom stereocenters. The van der Waals surface area contributed by atoms with Crippen LogP contribution in [0.3, 0.4) is 0 Å². The molecule has 224 valence electrons. The fourth-order valence-electron chi connectivity index (χ4n) is 5.80. The highest BCUT2D eigenvalue weighted by molar-refractivity contribution is 6.42. The van der Waals surface area contributed by atoms with E-state index in [1.807, 2.05) is 9.80 Å². The summed E-state index contributed by atoms with van der Waals surface area (Å²) in [6, 6.07) is 10.4.